The molecule has 0 radical (unpaired) electrons. The Hall–Kier alpha value is -3.34. The van der Waals surface area contributed by atoms with Gasteiger partial charge < -0.3 is 10.1 Å². The number of anilines is 1. The average Bonchev–Trinajstić information content (AvgIpc) is 3.09. The van der Waals surface area contributed by atoms with Crippen LogP contribution in [0.5, 0.6) is 5.75 Å². The van der Waals surface area contributed by atoms with Crippen molar-refractivity contribution in [3.63, 3.8) is 0 Å². The predicted molar refractivity (Wildman–Crippen MR) is 106 cm³/mol. The summed E-state index contributed by atoms with van der Waals surface area (Å²) in [5.41, 5.74) is 3.72. The van der Waals surface area contributed by atoms with E-state index in [1.165, 1.54) is 0 Å². The molecule has 1 N–H and O–H groups in total. The van der Waals surface area contributed by atoms with Crippen molar-refractivity contribution in [3.8, 4) is 17.0 Å². The number of methoxy groups -OCH3 is 1. The van der Waals surface area contributed by atoms with Gasteiger partial charge in [0.25, 0.3) is 0 Å². The van der Waals surface area contributed by atoms with E-state index in [4.69, 9.17) is 4.74 Å². The normalized spacial score (nSPS) is 12.3. The maximum Gasteiger partial charge on any atom is 0.247 e. The van der Waals surface area contributed by atoms with Crippen LogP contribution in [-0.2, 0) is 0 Å². The van der Waals surface area contributed by atoms with Crippen LogP contribution in [0.4, 0.5) is 5.95 Å². The molecule has 0 unspecified atom stereocenters. The summed E-state index contributed by atoms with van der Waals surface area (Å²) in [4.78, 5) is 4.58. The zero-order chi connectivity index (χ0) is 18.4. The Morgan fingerprint density at radius 2 is 1.88 bits per heavy atom. The van der Waals surface area contributed by atoms with Crippen LogP contribution in [-0.4, -0.2) is 21.7 Å². The number of nitrogens with zero attached hydrogens (tertiary/aromatic N) is 3. The number of pyridine rings is 1. The van der Waals surface area contributed by atoms with E-state index in [1.807, 2.05) is 91.2 Å². The lowest BCUT2D eigenvalue weighted by Crippen LogP contribution is -1.99. The molecule has 132 valence electrons. The van der Waals surface area contributed by atoms with E-state index >= 15 is 0 Å². The SMILES string of the molecule is C\C=C/C=C(\C=C/C)Nc1nc2cccc(-c3ccc(OC)cc3)n2n1. The number of rotatable bonds is 6. The summed E-state index contributed by atoms with van der Waals surface area (Å²) < 4.78 is 7.07. The molecule has 0 aliphatic heterocycles. The molecule has 0 fully saturated rings. The van der Waals surface area contributed by atoms with Gasteiger partial charge in [0, 0.05) is 11.3 Å². The molecule has 0 aliphatic carbocycles. The standard InChI is InChI=1S/C21H22N4O/c1-4-6-9-17(8-5-2)22-21-23-20-11-7-10-19(25(20)24-21)16-12-14-18(26-3)15-13-16/h4-15H,1-3H3,(H,22,24)/b6-4-,8-5-,17-9+. The van der Waals surface area contributed by atoms with Crippen LogP contribution in [0.1, 0.15) is 13.8 Å². The van der Waals surface area contributed by atoms with Gasteiger partial charge in [0.2, 0.25) is 5.95 Å². The minimum Gasteiger partial charge on any atom is -0.497 e. The fraction of sp³-hybridized carbons (Fsp3) is 0.143. The smallest absolute Gasteiger partial charge is 0.247 e. The molecule has 0 saturated carbocycles. The molecular formula is C21H22N4O. The lowest BCUT2D eigenvalue weighted by atomic mass is 10.1. The number of nitrogens with one attached hydrogen (secondary N) is 1. The maximum atomic E-state index is 5.23. The molecule has 0 aliphatic rings. The van der Waals surface area contributed by atoms with Gasteiger partial charge in [-0.1, -0.05) is 24.3 Å². The highest BCUT2D eigenvalue weighted by molar-refractivity contribution is 5.64. The molecule has 0 bridgehead atoms. The summed E-state index contributed by atoms with van der Waals surface area (Å²) in [5, 5.41) is 7.89. The Balaban J connectivity index is 1.98. The molecule has 0 spiro atoms. The van der Waals surface area contributed by atoms with Gasteiger partial charge in [-0.3, -0.25) is 0 Å². The van der Waals surface area contributed by atoms with E-state index in [0.29, 0.717) is 5.95 Å². The summed E-state index contributed by atoms with van der Waals surface area (Å²) in [5.74, 6) is 1.38. The quantitative estimate of drug-likeness (QED) is 0.648. The number of hydrogen-bond acceptors (Lipinski definition) is 4. The first-order valence-electron chi connectivity index (χ1n) is 8.48. The molecule has 2 heterocycles. The first-order valence-corrected chi connectivity index (χ1v) is 8.48. The van der Waals surface area contributed by atoms with Crippen molar-refractivity contribution in [2.45, 2.75) is 13.8 Å². The molecule has 0 atom stereocenters. The van der Waals surface area contributed by atoms with Crippen molar-refractivity contribution in [3.05, 3.63) is 78.5 Å². The van der Waals surface area contributed by atoms with Gasteiger partial charge in [-0.05, 0) is 62.4 Å². The molecular weight excluding hydrogens is 324 g/mol. The van der Waals surface area contributed by atoms with E-state index < -0.39 is 0 Å². The Morgan fingerprint density at radius 1 is 1.08 bits per heavy atom. The average molecular weight is 346 g/mol. The molecule has 3 aromatic rings. The van der Waals surface area contributed by atoms with Crippen molar-refractivity contribution < 1.29 is 4.74 Å². The number of benzene rings is 1. The van der Waals surface area contributed by atoms with Crippen molar-refractivity contribution in [2.75, 3.05) is 12.4 Å². The van der Waals surface area contributed by atoms with Gasteiger partial charge in [0.05, 0.1) is 12.8 Å². The third kappa shape index (κ3) is 3.83. The Bertz CT molecular complexity index is 965. The second-order valence-corrected chi connectivity index (χ2v) is 5.62. The lowest BCUT2D eigenvalue weighted by molar-refractivity contribution is 0.415. The van der Waals surface area contributed by atoms with E-state index in [2.05, 4.69) is 15.4 Å². The monoisotopic (exact) mass is 346 g/mol. The van der Waals surface area contributed by atoms with Crippen LogP contribution in [0.25, 0.3) is 16.9 Å². The molecule has 1 aromatic carbocycles. The highest BCUT2D eigenvalue weighted by Crippen LogP contribution is 2.23. The molecule has 5 heteroatoms. The number of fused-ring (bicyclic) bond motifs is 1. The van der Waals surface area contributed by atoms with E-state index in [0.717, 1.165) is 28.4 Å². The first-order chi connectivity index (χ1) is 12.7. The van der Waals surface area contributed by atoms with Gasteiger partial charge >= 0.3 is 0 Å². The van der Waals surface area contributed by atoms with Gasteiger partial charge in [-0.15, -0.1) is 5.10 Å². The predicted octanol–water partition coefficient (Wildman–Crippen LogP) is 4.85. The number of ether oxygens (including phenoxy) is 1. The highest BCUT2D eigenvalue weighted by Gasteiger charge is 2.09. The second-order valence-electron chi connectivity index (χ2n) is 5.62. The summed E-state index contributed by atoms with van der Waals surface area (Å²) in [6.07, 6.45) is 9.89. The molecule has 0 amide bonds. The van der Waals surface area contributed by atoms with Crippen LogP contribution in [0.15, 0.2) is 78.5 Å². The Kier molecular flexibility index (Phi) is 5.49. The van der Waals surface area contributed by atoms with Crippen molar-refractivity contribution in [1.82, 2.24) is 14.6 Å². The van der Waals surface area contributed by atoms with Crippen molar-refractivity contribution >= 4 is 11.6 Å². The first kappa shape index (κ1) is 17.5. The van der Waals surface area contributed by atoms with Gasteiger partial charge in [0.15, 0.2) is 5.65 Å². The third-order valence-corrected chi connectivity index (χ3v) is 3.82. The number of allylic oxidation sites excluding steroid dienone is 5. The zero-order valence-electron chi connectivity index (χ0n) is 15.2. The largest absolute Gasteiger partial charge is 0.497 e. The summed E-state index contributed by atoms with van der Waals surface area (Å²) in [6.45, 7) is 3.96. The summed E-state index contributed by atoms with van der Waals surface area (Å²) >= 11 is 0. The maximum absolute atomic E-state index is 5.23. The van der Waals surface area contributed by atoms with Gasteiger partial charge in [-0.25, -0.2) is 4.52 Å². The third-order valence-electron chi connectivity index (χ3n) is 3.82. The van der Waals surface area contributed by atoms with E-state index in [1.54, 1.807) is 7.11 Å². The molecule has 26 heavy (non-hydrogen) atoms. The van der Waals surface area contributed by atoms with Crippen molar-refractivity contribution in [1.29, 1.82) is 0 Å². The zero-order valence-corrected chi connectivity index (χ0v) is 15.2. The van der Waals surface area contributed by atoms with Crippen LogP contribution < -0.4 is 10.1 Å². The van der Waals surface area contributed by atoms with Gasteiger partial charge in [0.1, 0.15) is 5.75 Å². The summed E-state index contributed by atoms with van der Waals surface area (Å²) in [6, 6.07) is 13.9. The Labute approximate surface area is 153 Å². The van der Waals surface area contributed by atoms with Crippen LogP contribution in [0, 0.1) is 0 Å². The topological polar surface area (TPSA) is 51.5 Å². The number of aromatic nitrogens is 3. The molecule has 0 saturated heterocycles. The van der Waals surface area contributed by atoms with Crippen LogP contribution >= 0.6 is 0 Å². The minimum absolute atomic E-state index is 0.555. The minimum atomic E-state index is 0.555. The highest BCUT2D eigenvalue weighted by atomic mass is 16.5. The van der Waals surface area contributed by atoms with E-state index in [9.17, 15) is 0 Å². The lowest BCUT2D eigenvalue weighted by Gasteiger charge is -2.05. The Morgan fingerprint density at radius 3 is 2.58 bits per heavy atom. The fourth-order valence-corrected chi connectivity index (χ4v) is 2.59. The van der Waals surface area contributed by atoms with Crippen LogP contribution in [0.3, 0.4) is 0 Å². The molecule has 5 nitrogen and oxygen atoms in total. The van der Waals surface area contributed by atoms with Crippen LogP contribution in [0.2, 0.25) is 0 Å². The summed E-state index contributed by atoms with van der Waals surface area (Å²) in [7, 11) is 1.66. The number of hydrogen-bond donors (Lipinski definition) is 1. The van der Waals surface area contributed by atoms with Gasteiger partial charge in [-0.2, -0.15) is 4.98 Å². The van der Waals surface area contributed by atoms with E-state index in [-0.39, 0.29) is 0 Å². The second kappa shape index (κ2) is 8.16. The van der Waals surface area contributed by atoms with Crippen molar-refractivity contribution in [2.24, 2.45) is 0 Å². The molecule has 3 rings (SSSR count). The molecule has 2 aromatic heterocycles. The fourth-order valence-electron chi connectivity index (χ4n) is 2.59.